The summed E-state index contributed by atoms with van der Waals surface area (Å²) < 4.78 is 1.50. The Kier molecular flexibility index (Phi) is 3.94. The van der Waals surface area contributed by atoms with Gasteiger partial charge in [-0.2, -0.15) is 10.2 Å². The van der Waals surface area contributed by atoms with Crippen molar-refractivity contribution in [1.29, 1.82) is 0 Å². The van der Waals surface area contributed by atoms with Gasteiger partial charge in [0.25, 0.3) is 0 Å². The molecule has 0 aliphatic rings. The molecule has 0 bridgehead atoms. The average Bonchev–Trinajstić information content (AvgIpc) is 2.65. The van der Waals surface area contributed by atoms with Crippen molar-refractivity contribution in [3.63, 3.8) is 0 Å². The minimum atomic E-state index is 0.207. The summed E-state index contributed by atoms with van der Waals surface area (Å²) in [4.78, 5) is 0. The molecule has 2 rings (SSSR count). The van der Waals surface area contributed by atoms with Gasteiger partial charge in [0.2, 0.25) is 0 Å². The molecule has 1 heterocycles. The number of rotatable bonds is 2. The number of nitrogens with two attached hydrogens (primary N) is 1. The van der Waals surface area contributed by atoms with Gasteiger partial charge < -0.3 is 5.73 Å². The molecule has 104 valence electrons. The zero-order valence-electron chi connectivity index (χ0n) is 12.0. The molecule has 5 nitrogen and oxygen atoms in total. The summed E-state index contributed by atoms with van der Waals surface area (Å²) in [5, 5.41) is 13.1. The van der Waals surface area contributed by atoms with Crippen LogP contribution in [0.15, 0.2) is 28.4 Å². The van der Waals surface area contributed by atoms with E-state index in [2.05, 4.69) is 28.3 Å². The highest BCUT2D eigenvalue weighted by Crippen LogP contribution is 2.27. The van der Waals surface area contributed by atoms with Crippen LogP contribution in [0.3, 0.4) is 0 Å². The van der Waals surface area contributed by atoms with Crippen molar-refractivity contribution in [2.24, 2.45) is 16.0 Å². The van der Waals surface area contributed by atoms with Gasteiger partial charge in [0.15, 0.2) is 5.11 Å². The van der Waals surface area contributed by atoms with Crippen molar-refractivity contribution >= 4 is 28.7 Å². The fraction of sp³-hybridized carbons (Fsp3) is 0.286. The number of thiocarbonyl (C=S) groups is 1. The maximum absolute atomic E-state index is 5.60. The molecule has 0 amide bonds. The Labute approximate surface area is 123 Å². The van der Waals surface area contributed by atoms with E-state index in [0.29, 0.717) is 5.69 Å². The normalized spacial score (nSPS) is 11.2. The van der Waals surface area contributed by atoms with Gasteiger partial charge in [0.05, 0.1) is 17.1 Å². The fourth-order valence-electron chi connectivity index (χ4n) is 2.02. The van der Waals surface area contributed by atoms with Crippen molar-refractivity contribution in [1.82, 2.24) is 9.78 Å². The smallest absolute Gasteiger partial charge is 0.191 e. The number of hydrogen-bond acceptors (Lipinski definition) is 4. The maximum atomic E-state index is 5.60. The first kappa shape index (κ1) is 14.3. The quantitative estimate of drug-likeness (QED) is 0.677. The lowest BCUT2D eigenvalue weighted by Crippen LogP contribution is -2.21. The van der Waals surface area contributed by atoms with E-state index >= 15 is 0 Å². The summed E-state index contributed by atoms with van der Waals surface area (Å²) in [5.41, 5.74) is 11.0. The highest BCUT2D eigenvalue weighted by molar-refractivity contribution is 7.80. The molecular weight excluding hydrogens is 270 g/mol. The van der Waals surface area contributed by atoms with Crippen molar-refractivity contribution in [2.75, 3.05) is 0 Å². The largest absolute Gasteiger partial charge is 0.374 e. The molecule has 0 saturated heterocycles. The second kappa shape index (κ2) is 5.50. The summed E-state index contributed by atoms with van der Waals surface area (Å²) >= 11 is 4.94. The molecule has 0 unspecified atom stereocenters. The molecule has 6 heteroatoms. The average molecular weight is 287 g/mol. The first-order valence-electron chi connectivity index (χ1n) is 6.25. The molecule has 2 aromatic rings. The van der Waals surface area contributed by atoms with Crippen LogP contribution in [0.25, 0.3) is 0 Å². The maximum Gasteiger partial charge on any atom is 0.191 e. The van der Waals surface area contributed by atoms with E-state index in [4.69, 9.17) is 18.0 Å². The van der Waals surface area contributed by atoms with Gasteiger partial charge in [-0.1, -0.05) is 17.7 Å². The minimum Gasteiger partial charge on any atom is -0.374 e. The molecule has 0 saturated carbocycles. The van der Waals surface area contributed by atoms with Crippen molar-refractivity contribution in [2.45, 2.75) is 27.7 Å². The Balaban J connectivity index is 2.39. The van der Waals surface area contributed by atoms with Crippen molar-refractivity contribution < 1.29 is 0 Å². The summed E-state index contributed by atoms with van der Waals surface area (Å²) in [7, 11) is 0. The number of azo groups is 1. The zero-order valence-corrected chi connectivity index (χ0v) is 12.8. The SMILES string of the molecule is Cc1ccc(N=Nc2c(C)nn(C(N)=S)c2C)c(C)c1. The minimum absolute atomic E-state index is 0.207. The van der Waals surface area contributed by atoms with Crippen LogP contribution in [0.4, 0.5) is 11.4 Å². The number of benzene rings is 1. The van der Waals surface area contributed by atoms with Gasteiger partial charge in [0, 0.05) is 0 Å². The first-order valence-corrected chi connectivity index (χ1v) is 6.66. The van der Waals surface area contributed by atoms with Gasteiger partial charge in [-0.15, -0.1) is 5.11 Å². The lowest BCUT2D eigenvalue weighted by Gasteiger charge is -2.01. The Morgan fingerprint density at radius 2 is 1.90 bits per heavy atom. The van der Waals surface area contributed by atoms with Crippen LogP contribution in [-0.2, 0) is 0 Å². The molecule has 0 radical (unpaired) electrons. The molecule has 20 heavy (non-hydrogen) atoms. The molecular formula is C14H17N5S. The van der Waals surface area contributed by atoms with E-state index in [1.54, 1.807) is 0 Å². The molecule has 2 N–H and O–H groups in total. The van der Waals surface area contributed by atoms with Crippen molar-refractivity contribution in [3.05, 3.63) is 40.7 Å². The van der Waals surface area contributed by atoms with Gasteiger partial charge in [-0.3, -0.25) is 0 Å². The third kappa shape index (κ3) is 2.75. The Hall–Kier alpha value is -2.08. The van der Waals surface area contributed by atoms with E-state index in [1.165, 1.54) is 10.2 Å². The molecule has 0 aliphatic carbocycles. The first-order chi connectivity index (χ1) is 9.40. The Morgan fingerprint density at radius 3 is 2.45 bits per heavy atom. The summed E-state index contributed by atoms with van der Waals surface area (Å²) in [6.45, 7) is 7.79. The zero-order chi connectivity index (χ0) is 14.9. The van der Waals surface area contributed by atoms with Crippen LogP contribution < -0.4 is 5.73 Å². The topological polar surface area (TPSA) is 68.6 Å². The lowest BCUT2D eigenvalue weighted by molar-refractivity contribution is 0.886. The summed E-state index contributed by atoms with van der Waals surface area (Å²) in [6, 6.07) is 6.04. The van der Waals surface area contributed by atoms with E-state index in [9.17, 15) is 0 Å². The number of nitrogens with zero attached hydrogens (tertiary/aromatic N) is 4. The Morgan fingerprint density at radius 1 is 1.20 bits per heavy atom. The van der Waals surface area contributed by atoms with E-state index in [1.807, 2.05) is 32.9 Å². The monoisotopic (exact) mass is 287 g/mol. The highest BCUT2D eigenvalue weighted by atomic mass is 32.1. The molecule has 0 atom stereocenters. The predicted molar refractivity (Wildman–Crippen MR) is 84.0 cm³/mol. The Bertz CT molecular complexity index is 700. The van der Waals surface area contributed by atoms with E-state index in [0.717, 1.165) is 22.6 Å². The van der Waals surface area contributed by atoms with Gasteiger partial charge in [-0.05, 0) is 51.5 Å². The fourth-order valence-corrected chi connectivity index (χ4v) is 2.19. The summed E-state index contributed by atoms with van der Waals surface area (Å²) in [5.74, 6) is 0. The number of aryl methyl sites for hydroxylation is 3. The second-order valence-electron chi connectivity index (χ2n) is 4.76. The van der Waals surface area contributed by atoms with Gasteiger partial charge in [0.1, 0.15) is 5.69 Å². The van der Waals surface area contributed by atoms with Crippen LogP contribution in [0.2, 0.25) is 0 Å². The van der Waals surface area contributed by atoms with Crippen LogP contribution in [0.5, 0.6) is 0 Å². The summed E-state index contributed by atoms with van der Waals surface area (Å²) in [6.07, 6.45) is 0. The van der Waals surface area contributed by atoms with Gasteiger partial charge >= 0.3 is 0 Å². The standard InChI is InChI=1S/C14H17N5S/c1-8-5-6-12(9(2)7-8)16-17-13-10(3)18-19(11(13)4)14(15)20/h5-7H,1-4H3,(H2,15,20). The molecule has 0 aliphatic heterocycles. The van der Waals surface area contributed by atoms with Crippen molar-refractivity contribution in [3.8, 4) is 0 Å². The second-order valence-corrected chi connectivity index (χ2v) is 5.18. The van der Waals surface area contributed by atoms with Gasteiger partial charge in [-0.25, -0.2) is 4.68 Å². The molecule has 0 fully saturated rings. The number of aromatic nitrogens is 2. The van der Waals surface area contributed by atoms with E-state index in [-0.39, 0.29) is 5.11 Å². The molecule has 1 aromatic heterocycles. The van der Waals surface area contributed by atoms with Crippen LogP contribution >= 0.6 is 12.2 Å². The third-order valence-corrected chi connectivity index (χ3v) is 3.24. The lowest BCUT2D eigenvalue weighted by atomic mass is 10.1. The van der Waals surface area contributed by atoms with Crippen LogP contribution in [0.1, 0.15) is 22.5 Å². The van der Waals surface area contributed by atoms with Crippen LogP contribution in [0, 0.1) is 27.7 Å². The molecule has 1 aromatic carbocycles. The highest BCUT2D eigenvalue weighted by Gasteiger charge is 2.12. The van der Waals surface area contributed by atoms with Crippen LogP contribution in [-0.4, -0.2) is 14.9 Å². The predicted octanol–water partition coefficient (Wildman–Crippen LogP) is 3.62. The number of hydrogen-bond donors (Lipinski definition) is 1. The van der Waals surface area contributed by atoms with E-state index < -0.39 is 0 Å². The molecule has 0 spiro atoms. The third-order valence-electron chi connectivity index (χ3n) is 3.07.